The summed E-state index contributed by atoms with van der Waals surface area (Å²) in [7, 11) is -3.99. The molecule has 6 heteroatoms. The molecule has 11 atom stereocenters. The van der Waals surface area contributed by atoms with Crippen molar-refractivity contribution >= 4 is 22.2 Å². The molecule has 0 spiro atoms. The SMILES string of the molecule is CC(CC=C(c1ccccc1)c1ccccc1)[C@H]1CC[C@H]2[C@@H]3[C@H](O[Si](C)(C)C(C)(C)C)C[C@@H]4C[C@H](O[Si](C)(C)C(C)(C)C)CC[C@]4(C)[C@H]3C[C@H](OCOCc3ccccc3)[C@]12C. The maximum Gasteiger partial charge on any atom is 0.192 e. The van der Waals surface area contributed by atoms with E-state index in [1.54, 1.807) is 0 Å². The molecule has 4 aliphatic carbocycles. The van der Waals surface area contributed by atoms with E-state index in [2.05, 4.69) is 186 Å². The number of hydrogen-bond donors (Lipinski definition) is 0. The van der Waals surface area contributed by atoms with E-state index in [0.29, 0.717) is 55.0 Å². The molecule has 4 nitrogen and oxygen atoms in total. The Kier molecular flexibility index (Phi) is 14.2. The van der Waals surface area contributed by atoms with Gasteiger partial charge in [-0.15, -0.1) is 0 Å². The molecular weight excluding hydrogens is 793 g/mol. The second kappa shape index (κ2) is 18.5. The molecule has 4 aliphatic rings. The maximum atomic E-state index is 7.84. The molecule has 0 amide bonds. The van der Waals surface area contributed by atoms with Gasteiger partial charge in [0.1, 0.15) is 6.79 Å². The van der Waals surface area contributed by atoms with Crippen LogP contribution in [-0.2, 0) is 24.9 Å². The third-order valence-electron chi connectivity index (χ3n) is 18.3. The number of hydrogen-bond acceptors (Lipinski definition) is 4. The van der Waals surface area contributed by atoms with Crippen LogP contribution >= 0.6 is 0 Å². The molecule has 0 N–H and O–H groups in total. The maximum absolute atomic E-state index is 7.84. The van der Waals surface area contributed by atoms with Crippen LogP contribution < -0.4 is 0 Å². The number of fused-ring (bicyclic) bond motifs is 5. The van der Waals surface area contributed by atoms with E-state index in [4.69, 9.17) is 18.3 Å². The Morgan fingerprint density at radius 1 is 0.710 bits per heavy atom. The fourth-order valence-corrected chi connectivity index (χ4v) is 15.4. The first kappa shape index (κ1) is 47.6. The van der Waals surface area contributed by atoms with Crippen molar-refractivity contribution in [3.63, 3.8) is 0 Å². The summed E-state index contributed by atoms with van der Waals surface area (Å²) in [6.07, 6.45) is 12.6. The number of benzene rings is 3. The molecule has 340 valence electrons. The van der Waals surface area contributed by atoms with E-state index in [9.17, 15) is 0 Å². The van der Waals surface area contributed by atoms with Gasteiger partial charge < -0.3 is 18.3 Å². The molecule has 62 heavy (non-hydrogen) atoms. The van der Waals surface area contributed by atoms with Crippen molar-refractivity contribution in [2.45, 2.75) is 175 Å². The summed E-state index contributed by atoms with van der Waals surface area (Å²) in [5.74, 6) is 3.21. The minimum atomic E-state index is -2.09. The van der Waals surface area contributed by atoms with Gasteiger partial charge in [-0.2, -0.15) is 0 Å². The molecular formula is C56H84O4Si2. The Morgan fingerprint density at radius 3 is 1.85 bits per heavy atom. The zero-order valence-corrected chi connectivity index (χ0v) is 43.1. The van der Waals surface area contributed by atoms with Crippen LogP contribution in [0.1, 0.15) is 130 Å². The summed E-state index contributed by atoms with van der Waals surface area (Å²) >= 11 is 0. The molecule has 4 saturated carbocycles. The highest BCUT2D eigenvalue weighted by molar-refractivity contribution is 6.74. The van der Waals surface area contributed by atoms with Crippen LogP contribution in [0.3, 0.4) is 0 Å². The van der Waals surface area contributed by atoms with Crippen LogP contribution in [0.2, 0.25) is 36.3 Å². The van der Waals surface area contributed by atoms with Crippen LogP contribution in [0.5, 0.6) is 0 Å². The molecule has 0 aromatic heterocycles. The van der Waals surface area contributed by atoms with E-state index < -0.39 is 16.6 Å². The van der Waals surface area contributed by atoms with Crippen LogP contribution in [-0.4, -0.2) is 41.7 Å². The van der Waals surface area contributed by atoms with Gasteiger partial charge in [0.05, 0.1) is 12.7 Å². The standard InChI is InChI=1S/C56H84O4Si2/c1-40(29-30-46(42-25-19-15-20-26-42)43-27-21-16-22-28-43)47-31-32-48-52-49(37-51(56(47,48)9)58-39-57-38-41-23-17-14-18-24-41)55(8)34-33-45(59-61(10,11)53(2,3)4)35-44(55)36-50(52)60-62(12,13)54(5,6)7/h14-28,30,40,44-45,47-52H,29,31-39H2,1-13H3/t40?,44-,45+,47+,48-,49-,50+,51-,52-,55-,56+/m0/s1. The van der Waals surface area contributed by atoms with Crippen molar-refractivity contribution in [1.82, 2.24) is 0 Å². The average Bonchev–Trinajstić information content (AvgIpc) is 3.58. The smallest absolute Gasteiger partial charge is 0.192 e. The molecule has 1 unspecified atom stereocenters. The van der Waals surface area contributed by atoms with Gasteiger partial charge in [-0.25, -0.2) is 0 Å². The number of ether oxygens (including phenoxy) is 2. The summed E-state index contributed by atoms with van der Waals surface area (Å²) in [5, 5.41) is 0.356. The van der Waals surface area contributed by atoms with E-state index in [0.717, 1.165) is 19.3 Å². The lowest BCUT2D eigenvalue weighted by molar-refractivity contribution is -0.233. The van der Waals surface area contributed by atoms with Crippen LogP contribution in [0.4, 0.5) is 0 Å². The number of allylic oxidation sites excluding steroid dienone is 1. The van der Waals surface area contributed by atoms with Gasteiger partial charge in [-0.1, -0.05) is 159 Å². The third kappa shape index (κ3) is 9.63. The largest absolute Gasteiger partial charge is 0.414 e. The minimum absolute atomic E-state index is 0.00503. The summed E-state index contributed by atoms with van der Waals surface area (Å²) < 4.78 is 28.8. The predicted octanol–water partition coefficient (Wildman–Crippen LogP) is 15.4. The zero-order chi connectivity index (χ0) is 44.7. The molecule has 4 fully saturated rings. The van der Waals surface area contributed by atoms with E-state index in [-0.39, 0.29) is 33.1 Å². The third-order valence-corrected chi connectivity index (χ3v) is 27.3. The fraction of sp³-hybridized carbons (Fsp3) is 0.643. The van der Waals surface area contributed by atoms with Crippen LogP contribution in [0, 0.1) is 46.3 Å². The molecule has 7 rings (SSSR count). The highest BCUT2D eigenvalue weighted by atomic mass is 28.4. The molecule has 0 saturated heterocycles. The Balaban J connectivity index is 1.23. The fourth-order valence-electron chi connectivity index (χ4n) is 12.7. The summed E-state index contributed by atoms with van der Waals surface area (Å²) in [6.45, 7) is 33.2. The van der Waals surface area contributed by atoms with Crippen molar-refractivity contribution in [2.75, 3.05) is 6.79 Å². The van der Waals surface area contributed by atoms with Gasteiger partial charge in [0, 0.05) is 17.6 Å². The minimum Gasteiger partial charge on any atom is -0.414 e. The van der Waals surface area contributed by atoms with Crippen molar-refractivity contribution < 1.29 is 18.3 Å². The predicted molar refractivity (Wildman–Crippen MR) is 265 cm³/mol. The van der Waals surface area contributed by atoms with Gasteiger partial charge in [0.25, 0.3) is 0 Å². The molecule has 0 aliphatic heterocycles. The zero-order valence-electron chi connectivity index (χ0n) is 41.1. The molecule has 0 heterocycles. The Morgan fingerprint density at radius 2 is 1.27 bits per heavy atom. The summed E-state index contributed by atoms with van der Waals surface area (Å²) in [5.41, 5.74) is 5.35. The first-order valence-electron chi connectivity index (χ1n) is 24.6. The van der Waals surface area contributed by atoms with Crippen molar-refractivity contribution in [3.8, 4) is 0 Å². The highest BCUT2D eigenvalue weighted by Gasteiger charge is 2.67. The quantitative estimate of drug-likeness (QED) is 0.0918. The summed E-state index contributed by atoms with van der Waals surface area (Å²) in [4.78, 5) is 0. The Hall–Kier alpha value is -2.33. The van der Waals surface area contributed by atoms with E-state index >= 15 is 0 Å². The monoisotopic (exact) mass is 877 g/mol. The lowest BCUT2D eigenvalue weighted by Gasteiger charge is -2.65. The molecule has 0 radical (unpaired) electrons. The van der Waals surface area contributed by atoms with Crippen molar-refractivity contribution in [1.29, 1.82) is 0 Å². The lowest BCUT2D eigenvalue weighted by Crippen LogP contribution is -2.64. The summed E-state index contributed by atoms with van der Waals surface area (Å²) in [6, 6.07) is 32.6. The molecule has 0 bridgehead atoms. The van der Waals surface area contributed by atoms with E-state index in [1.165, 1.54) is 54.4 Å². The molecule has 3 aromatic carbocycles. The van der Waals surface area contributed by atoms with Gasteiger partial charge in [-0.3, -0.25) is 0 Å². The number of rotatable bonds is 14. The second-order valence-corrected chi connectivity index (χ2v) is 33.4. The van der Waals surface area contributed by atoms with Crippen LogP contribution in [0.15, 0.2) is 97.1 Å². The van der Waals surface area contributed by atoms with Gasteiger partial charge in [0.2, 0.25) is 0 Å². The van der Waals surface area contributed by atoms with Gasteiger partial charge >= 0.3 is 0 Å². The Bertz CT molecular complexity index is 1890. The first-order valence-corrected chi connectivity index (χ1v) is 30.4. The second-order valence-electron chi connectivity index (χ2n) is 23.9. The van der Waals surface area contributed by atoms with Crippen molar-refractivity contribution in [2.24, 2.45) is 46.3 Å². The van der Waals surface area contributed by atoms with Gasteiger partial charge in [-0.05, 0) is 151 Å². The average molecular weight is 877 g/mol. The Labute approximate surface area is 380 Å². The van der Waals surface area contributed by atoms with Crippen LogP contribution in [0.25, 0.3) is 5.57 Å². The van der Waals surface area contributed by atoms with E-state index in [1.807, 2.05) is 0 Å². The van der Waals surface area contributed by atoms with Crippen molar-refractivity contribution in [3.05, 3.63) is 114 Å². The topological polar surface area (TPSA) is 36.9 Å². The lowest BCUT2D eigenvalue weighted by atomic mass is 9.43. The highest BCUT2D eigenvalue weighted by Crippen LogP contribution is 2.70. The van der Waals surface area contributed by atoms with Gasteiger partial charge in [0.15, 0.2) is 16.6 Å². The first-order chi connectivity index (χ1) is 29.2. The normalized spacial score (nSPS) is 32.0. The molecule has 3 aromatic rings.